The van der Waals surface area contributed by atoms with Crippen LogP contribution in [-0.2, 0) is 22.6 Å². The van der Waals surface area contributed by atoms with Gasteiger partial charge in [0.25, 0.3) is 5.91 Å². The number of amides is 2. The van der Waals surface area contributed by atoms with Crippen molar-refractivity contribution in [3.05, 3.63) is 97.9 Å². The maximum Gasteiger partial charge on any atom is 0.261 e. The molecule has 2 amide bonds. The van der Waals surface area contributed by atoms with Crippen molar-refractivity contribution in [2.75, 3.05) is 6.61 Å². The average molecular weight is 642 g/mol. The Hall–Kier alpha value is -2.64. The molecule has 4 rings (SSSR count). The number of carbonyl (C=O) groups is 2. The van der Waals surface area contributed by atoms with Gasteiger partial charge in [0.05, 0.1) is 0 Å². The van der Waals surface area contributed by atoms with Crippen molar-refractivity contribution in [2.45, 2.75) is 64.6 Å². The molecule has 5 nitrogen and oxygen atoms in total. The molecule has 38 heavy (non-hydrogen) atoms. The molecule has 0 saturated heterocycles. The number of ether oxygens (including phenoxy) is 1. The summed E-state index contributed by atoms with van der Waals surface area (Å²) in [6.45, 7) is 4.13. The lowest BCUT2D eigenvalue weighted by molar-refractivity contribution is -0.143. The molecule has 3 aromatic carbocycles. The first kappa shape index (κ1) is 28.4. The van der Waals surface area contributed by atoms with E-state index in [-0.39, 0.29) is 24.5 Å². The Balaban J connectivity index is 1.62. The Morgan fingerprint density at radius 2 is 1.61 bits per heavy atom. The number of hydrogen-bond donors (Lipinski definition) is 1. The summed E-state index contributed by atoms with van der Waals surface area (Å²) in [6, 6.07) is 21.1. The zero-order valence-electron chi connectivity index (χ0n) is 21.9. The molecule has 1 fully saturated rings. The van der Waals surface area contributed by atoms with Crippen molar-refractivity contribution in [2.24, 2.45) is 0 Å². The van der Waals surface area contributed by atoms with Crippen LogP contribution in [0.3, 0.4) is 0 Å². The minimum absolute atomic E-state index is 0.112. The molecule has 0 unspecified atom stereocenters. The Labute approximate surface area is 242 Å². The van der Waals surface area contributed by atoms with Crippen LogP contribution < -0.4 is 10.1 Å². The Bertz CT molecular complexity index is 1240. The first-order chi connectivity index (χ1) is 18.3. The molecule has 0 aromatic heterocycles. The monoisotopic (exact) mass is 640 g/mol. The Kier molecular flexibility index (Phi) is 10.0. The van der Waals surface area contributed by atoms with E-state index in [4.69, 9.17) is 4.74 Å². The van der Waals surface area contributed by atoms with Crippen LogP contribution in [0.5, 0.6) is 5.75 Å². The summed E-state index contributed by atoms with van der Waals surface area (Å²) in [5, 5.41) is 3.24. The van der Waals surface area contributed by atoms with Gasteiger partial charge in [0, 0.05) is 28.0 Å². The maximum atomic E-state index is 13.8. The molecular formula is C31H34Br2N2O3. The smallest absolute Gasteiger partial charge is 0.261 e. The van der Waals surface area contributed by atoms with Gasteiger partial charge >= 0.3 is 0 Å². The van der Waals surface area contributed by atoms with Crippen LogP contribution in [0.15, 0.2) is 75.7 Å². The summed E-state index contributed by atoms with van der Waals surface area (Å²) in [4.78, 5) is 29.2. The van der Waals surface area contributed by atoms with Crippen LogP contribution in [0, 0.1) is 13.8 Å². The molecule has 0 bridgehead atoms. The van der Waals surface area contributed by atoms with Crippen LogP contribution >= 0.6 is 31.9 Å². The SMILES string of the molecule is Cc1cc(OCC(=O)N(Cc2cccc(Br)c2)[C@@H](Cc2ccccc2)C(=O)NC2CCCC2)cc(C)c1Br. The van der Waals surface area contributed by atoms with E-state index in [9.17, 15) is 9.59 Å². The van der Waals surface area contributed by atoms with Gasteiger partial charge in [-0.15, -0.1) is 0 Å². The van der Waals surface area contributed by atoms with E-state index in [0.717, 1.165) is 56.9 Å². The lowest BCUT2D eigenvalue weighted by Crippen LogP contribution is -2.53. The fourth-order valence-electron chi connectivity index (χ4n) is 4.97. The van der Waals surface area contributed by atoms with Crippen molar-refractivity contribution in [1.82, 2.24) is 10.2 Å². The largest absolute Gasteiger partial charge is 0.484 e. The summed E-state index contributed by atoms with van der Waals surface area (Å²) in [7, 11) is 0. The second kappa shape index (κ2) is 13.4. The summed E-state index contributed by atoms with van der Waals surface area (Å²) in [5.74, 6) is 0.291. The molecule has 1 aliphatic rings. The molecular weight excluding hydrogens is 608 g/mol. The minimum atomic E-state index is -0.665. The molecule has 1 aliphatic carbocycles. The Morgan fingerprint density at radius 3 is 2.26 bits per heavy atom. The molecule has 7 heteroatoms. The molecule has 200 valence electrons. The highest BCUT2D eigenvalue weighted by atomic mass is 79.9. The fraction of sp³-hybridized carbons (Fsp3) is 0.355. The summed E-state index contributed by atoms with van der Waals surface area (Å²) in [6.07, 6.45) is 4.63. The van der Waals surface area contributed by atoms with E-state index in [2.05, 4.69) is 37.2 Å². The second-order valence-corrected chi connectivity index (χ2v) is 11.7. The normalized spacial score (nSPS) is 14.2. The number of nitrogens with one attached hydrogen (secondary N) is 1. The predicted molar refractivity (Wildman–Crippen MR) is 158 cm³/mol. The van der Waals surface area contributed by atoms with Crippen LogP contribution in [0.2, 0.25) is 0 Å². The third kappa shape index (κ3) is 7.70. The summed E-state index contributed by atoms with van der Waals surface area (Å²) < 4.78 is 7.94. The molecule has 0 spiro atoms. The maximum absolute atomic E-state index is 13.8. The zero-order chi connectivity index (χ0) is 27.1. The molecule has 1 N–H and O–H groups in total. The van der Waals surface area contributed by atoms with E-state index < -0.39 is 6.04 Å². The number of aryl methyl sites for hydroxylation is 2. The molecule has 1 saturated carbocycles. The van der Waals surface area contributed by atoms with E-state index in [0.29, 0.717) is 18.7 Å². The topological polar surface area (TPSA) is 58.6 Å². The van der Waals surface area contributed by atoms with E-state index in [1.165, 1.54) is 0 Å². The van der Waals surface area contributed by atoms with Gasteiger partial charge < -0.3 is 15.0 Å². The highest BCUT2D eigenvalue weighted by Gasteiger charge is 2.32. The van der Waals surface area contributed by atoms with Gasteiger partial charge in [-0.25, -0.2) is 0 Å². The quantitative estimate of drug-likeness (QED) is 0.262. The van der Waals surface area contributed by atoms with Gasteiger partial charge in [0.2, 0.25) is 5.91 Å². The first-order valence-electron chi connectivity index (χ1n) is 13.1. The van der Waals surface area contributed by atoms with E-state index in [1.807, 2.05) is 80.6 Å². The van der Waals surface area contributed by atoms with Crippen molar-refractivity contribution >= 4 is 43.7 Å². The number of halogens is 2. The number of rotatable bonds is 10. The number of benzene rings is 3. The first-order valence-corrected chi connectivity index (χ1v) is 14.7. The van der Waals surface area contributed by atoms with Gasteiger partial charge in [-0.1, -0.05) is 87.2 Å². The predicted octanol–water partition coefficient (Wildman–Crippen LogP) is 6.91. The van der Waals surface area contributed by atoms with Crippen LogP contribution in [0.25, 0.3) is 0 Å². The highest BCUT2D eigenvalue weighted by Crippen LogP contribution is 2.27. The number of carbonyl (C=O) groups excluding carboxylic acids is 2. The van der Waals surface area contributed by atoms with E-state index >= 15 is 0 Å². The van der Waals surface area contributed by atoms with Crippen LogP contribution in [-0.4, -0.2) is 35.4 Å². The van der Waals surface area contributed by atoms with Crippen molar-refractivity contribution < 1.29 is 14.3 Å². The van der Waals surface area contributed by atoms with Gasteiger partial charge in [0.15, 0.2) is 6.61 Å². The van der Waals surface area contributed by atoms with Crippen molar-refractivity contribution in [3.8, 4) is 5.75 Å². The van der Waals surface area contributed by atoms with Gasteiger partial charge in [-0.3, -0.25) is 9.59 Å². The third-order valence-electron chi connectivity index (χ3n) is 6.99. The standard InChI is InChI=1S/C31H34Br2N2O3/c1-21-15-27(16-22(2)30(21)33)38-20-29(36)35(19-24-11-8-12-25(32)17-24)28(18-23-9-4-3-5-10-23)31(37)34-26-13-6-7-14-26/h3-5,8-12,15-17,26,28H,6-7,13-14,18-20H2,1-2H3,(H,34,37)/t28-/m0/s1. The lowest BCUT2D eigenvalue weighted by Gasteiger charge is -2.32. The highest BCUT2D eigenvalue weighted by molar-refractivity contribution is 9.10. The minimum Gasteiger partial charge on any atom is -0.484 e. The van der Waals surface area contributed by atoms with E-state index in [1.54, 1.807) is 4.90 Å². The molecule has 3 aromatic rings. The lowest BCUT2D eigenvalue weighted by atomic mass is 10.0. The van der Waals surface area contributed by atoms with Crippen molar-refractivity contribution in [3.63, 3.8) is 0 Å². The van der Waals surface area contributed by atoms with Crippen LogP contribution in [0.1, 0.15) is 47.9 Å². The van der Waals surface area contributed by atoms with Gasteiger partial charge in [0.1, 0.15) is 11.8 Å². The molecule has 0 aliphatic heterocycles. The van der Waals surface area contributed by atoms with Gasteiger partial charge in [-0.2, -0.15) is 0 Å². The average Bonchev–Trinajstić information content (AvgIpc) is 3.41. The van der Waals surface area contributed by atoms with Crippen LogP contribution in [0.4, 0.5) is 0 Å². The zero-order valence-corrected chi connectivity index (χ0v) is 25.1. The number of nitrogens with zero attached hydrogens (tertiary/aromatic N) is 1. The summed E-state index contributed by atoms with van der Waals surface area (Å²) >= 11 is 7.12. The third-order valence-corrected chi connectivity index (χ3v) is 8.73. The molecule has 0 heterocycles. The Morgan fingerprint density at radius 1 is 0.947 bits per heavy atom. The number of hydrogen-bond acceptors (Lipinski definition) is 3. The van der Waals surface area contributed by atoms with Gasteiger partial charge in [-0.05, 0) is 73.2 Å². The second-order valence-electron chi connectivity index (χ2n) is 10.0. The fourth-order valence-corrected chi connectivity index (χ4v) is 5.65. The molecule has 0 radical (unpaired) electrons. The summed E-state index contributed by atoms with van der Waals surface area (Å²) in [5.41, 5.74) is 4.02. The van der Waals surface area contributed by atoms with Crippen molar-refractivity contribution in [1.29, 1.82) is 0 Å². The molecule has 1 atom stereocenters.